The number of nitrogens with one attached hydrogen (secondary N) is 1. The maximum atomic E-state index is 13.2. The predicted molar refractivity (Wildman–Crippen MR) is 101 cm³/mol. The molecule has 2 aromatic rings. The van der Waals surface area contributed by atoms with Crippen molar-refractivity contribution in [2.75, 3.05) is 11.9 Å². The summed E-state index contributed by atoms with van der Waals surface area (Å²) in [6.07, 6.45) is 0.891. The largest absolute Gasteiger partial charge is 0.494 e. The van der Waals surface area contributed by atoms with Gasteiger partial charge in [-0.15, -0.1) is 0 Å². The van der Waals surface area contributed by atoms with Crippen molar-refractivity contribution < 1.29 is 9.53 Å². The van der Waals surface area contributed by atoms with E-state index in [4.69, 9.17) is 4.74 Å². The Morgan fingerprint density at radius 3 is 2.44 bits per heavy atom. The lowest BCUT2D eigenvalue weighted by Gasteiger charge is -2.49. The number of rotatable bonds is 5. The van der Waals surface area contributed by atoms with Crippen molar-refractivity contribution in [1.29, 1.82) is 0 Å². The fourth-order valence-electron chi connectivity index (χ4n) is 3.51. The Hall–Kier alpha value is -2.49. The molecule has 1 heterocycles. The molecule has 25 heavy (non-hydrogen) atoms. The van der Waals surface area contributed by atoms with E-state index >= 15 is 0 Å². The van der Waals surface area contributed by atoms with E-state index < -0.39 is 5.66 Å². The Bertz CT molecular complexity index is 757. The molecule has 4 heteroatoms. The number of carbonyl (C=O) groups is 1. The van der Waals surface area contributed by atoms with Gasteiger partial charge in [0.2, 0.25) is 0 Å². The molecule has 0 radical (unpaired) electrons. The van der Waals surface area contributed by atoms with Gasteiger partial charge in [-0.2, -0.15) is 0 Å². The van der Waals surface area contributed by atoms with E-state index in [1.165, 1.54) is 0 Å². The Balaban J connectivity index is 2.08. The number of nitrogens with zero attached hydrogens (tertiary/aromatic N) is 1. The lowest BCUT2D eigenvalue weighted by Crippen LogP contribution is -2.58. The molecule has 0 spiro atoms. The highest BCUT2D eigenvalue weighted by molar-refractivity contribution is 6.02. The average Bonchev–Trinajstić information content (AvgIpc) is 2.62. The number of anilines is 1. The van der Waals surface area contributed by atoms with Crippen molar-refractivity contribution in [3.8, 4) is 5.75 Å². The van der Waals surface area contributed by atoms with Crippen LogP contribution in [0.3, 0.4) is 0 Å². The molecule has 0 saturated heterocycles. The fourth-order valence-corrected chi connectivity index (χ4v) is 3.51. The second-order valence-electron chi connectivity index (χ2n) is 6.63. The first-order valence-electron chi connectivity index (χ1n) is 8.95. The number of carbonyl (C=O) groups excluding carboxylic acids is 1. The van der Waals surface area contributed by atoms with Crippen LogP contribution >= 0.6 is 0 Å². The highest BCUT2D eigenvalue weighted by atomic mass is 16.5. The molecule has 2 aromatic carbocycles. The van der Waals surface area contributed by atoms with E-state index in [0.29, 0.717) is 6.61 Å². The van der Waals surface area contributed by atoms with E-state index in [2.05, 4.69) is 26.1 Å². The minimum absolute atomic E-state index is 0.0695. The molecule has 2 unspecified atom stereocenters. The SMILES string of the molecule is CCOc1ccc(C2(C)Nc3ccccc3C(=O)N2C(C)CC)cc1. The monoisotopic (exact) mass is 338 g/mol. The van der Waals surface area contributed by atoms with Crippen molar-refractivity contribution in [3.63, 3.8) is 0 Å². The zero-order valence-electron chi connectivity index (χ0n) is 15.4. The molecule has 3 rings (SSSR count). The Labute approximate surface area is 149 Å². The van der Waals surface area contributed by atoms with Crippen molar-refractivity contribution in [1.82, 2.24) is 4.90 Å². The van der Waals surface area contributed by atoms with E-state index in [1.54, 1.807) is 0 Å². The summed E-state index contributed by atoms with van der Waals surface area (Å²) in [4.78, 5) is 15.2. The van der Waals surface area contributed by atoms with Gasteiger partial charge in [0.1, 0.15) is 11.4 Å². The van der Waals surface area contributed by atoms with Crippen LogP contribution in [-0.4, -0.2) is 23.5 Å². The second kappa shape index (κ2) is 6.79. The molecule has 1 aliphatic heterocycles. The van der Waals surface area contributed by atoms with Gasteiger partial charge in [-0.1, -0.05) is 31.2 Å². The van der Waals surface area contributed by atoms with Gasteiger partial charge in [0.15, 0.2) is 0 Å². The third kappa shape index (κ3) is 2.97. The summed E-state index contributed by atoms with van der Waals surface area (Å²) in [5.74, 6) is 0.910. The molecule has 1 amide bonds. The highest BCUT2D eigenvalue weighted by Gasteiger charge is 2.44. The summed E-state index contributed by atoms with van der Waals surface area (Å²) < 4.78 is 5.55. The summed E-state index contributed by atoms with van der Waals surface area (Å²) in [5.41, 5.74) is 2.04. The number of amides is 1. The van der Waals surface area contributed by atoms with Gasteiger partial charge in [0, 0.05) is 11.7 Å². The summed E-state index contributed by atoms with van der Waals surface area (Å²) in [7, 11) is 0. The molecule has 0 saturated carbocycles. The number of hydrogen-bond acceptors (Lipinski definition) is 3. The first-order chi connectivity index (χ1) is 12.0. The van der Waals surface area contributed by atoms with Crippen molar-refractivity contribution in [2.45, 2.75) is 45.8 Å². The van der Waals surface area contributed by atoms with E-state index in [9.17, 15) is 4.79 Å². The predicted octanol–water partition coefficient (Wildman–Crippen LogP) is 4.62. The lowest BCUT2D eigenvalue weighted by molar-refractivity contribution is 0.0400. The van der Waals surface area contributed by atoms with E-state index in [0.717, 1.165) is 29.0 Å². The van der Waals surface area contributed by atoms with Crippen LogP contribution in [0.4, 0.5) is 5.69 Å². The molecule has 132 valence electrons. The standard InChI is InChI=1S/C21H26N2O2/c1-5-15(3)23-20(24)18-9-7-8-10-19(18)22-21(23,4)16-11-13-17(14-12-16)25-6-2/h7-15,22H,5-6H2,1-4H3. The van der Waals surface area contributed by atoms with Crippen LogP contribution in [0.25, 0.3) is 0 Å². The van der Waals surface area contributed by atoms with Crippen LogP contribution < -0.4 is 10.1 Å². The fraction of sp³-hybridized carbons (Fsp3) is 0.381. The van der Waals surface area contributed by atoms with Gasteiger partial charge in [-0.05, 0) is 57.0 Å². The van der Waals surface area contributed by atoms with Crippen LogP contribution in [0, 0.1) is 0 Å². The van der Waals surface area contributed by atoms with Crippen LogP contribution in [0.15, 0.2) is 48.5 Å². The van der Waals surface area contributed by atoms with Gasteiger partial charge >= 0.3 is 0 Å². The van der Waals surface area contributed by atoms with Gasteiger partial charge < -0.3 is 15.0 Å². The third-order valence-corrected chi connectivity index (χ3v) is 5.00. The van der Waals surface area contributed by atoms with Crippen molar-refractivity contribution in [3.05, 3.63) is 59.7 Å². The summed E-state index contributed by atoms with van der Waals surface area (Å²) in [6, 6.07) is 15.8. The molecule has 2 atom stereocenters. The summed E-state index contributed by atoms with van der Waals surface area (Å²) in [5, 5.41) is 3.60. The Morgan fingerprint density at radius 1 is 1.12 bits per heavy atom. The van der Waals surface area contributed by atoms with Crippen LogP contribution in [0.1, 0.15) is 50.0 Å². The lowest BCUT2D eigenvalue weighted by atomic mass is 9.91. The number of hydrogen-bond donors (Lipinski definition) is 1. The molecule has 0 aromatic heterocycles. The minimum atomic E-state index is -0.606. The molecular weight excluding hydrogens is 312 g/mol. The first kappa shape index (κ1) is 17.3. The first-order valence-corrected chi connectivity index (χ1v) is 8.95. The average molecular weight is 338 g/mol. The van der Waals surface area contributed by atoms with Gasteiger partial charge in [0.25, 0.3) is 5.91 Å². The van der Waals surface area contributed by atoms with Crippen LogP contribution in [-0.2, 0) is 5.66 Å². The van der Waals surface area contributed by atoms with Gasteiger partial charge in [-0.25, -0.2) is 0 Å². The topological polar surface area (TPSA) is 41.6 Å². The zero-order chi connectivity index (χ0) is 18.0. The van der Waals surface area contributed by atoms with Crippen LogP contribution in [0.2, 0.25) is 0 Å². The number of ether oxygens (including phenoxy) is 1. The molecule has 0 bridgehead atoms. The zero-order valence-corrected chi connectivity index (χ0v) is 15.4. The van der Waals surface area contributed by atoms with E-state index in [1.807, 2.05) is 60.4 Å². The molecule has 0 fully saturated rings. The molecule has 0 aliphatic carbocycles. The highest BCUT2D eigenvalue weighted by Crippen LogP contribution is 2.39. The molecule has 4 nitrogen and oxygen atoms in total. The molecule has 1 N–H and O–H groups in total. The quantitative estimate of drug-likeness (QED) is 0.864. The molecule has 1 aliphatic rings. The second-order valence-corrected chi connectivity index (χ2v) is 6.63. The van der Waals surface area contributed by atoms with E-state index in [-0.39, 0.29) is 11.9 Å². The number of fused-ring (bicyclic) bond motifs is 1. The van der Waals surface area contributed by atoms with Crippen LogP contribution in [0.5, 0.6) is 5.75 Å². The third-order valence-electron chi connectivity index (χ3n) is 5.00. The van der Waals surface area contributed by atoms with Gasteiger partial charge in [-0.3, -0.25) is 4.79 Å². The maximum Gasteiger partial charge on any atom is 0.258 e. The maximum absolute atomic E-state index is 13.2. The summed E-state index contributed by atoms with van der Waals surface area (Å²) >= 11 is 0. The normalized spacial score (nSPS) is 20.6. The molecular formula is C21H26N2O2. The minimum Gasteiger partial charge on any atom is -0.494 e. The summed E-state index contributed by atoms with van der Waals surface area (Å²) in [6.45, 7) is 8.89. The van der Waals surface area contributed by atoms with Crippen molar-refractivity contribution in [2.24, 2.45) is 0 Å². The Kier molecular flexibility index (Phi) is 4.71. The van der Waals surface area contributed by atoms with Crippen molar-refractivity contribution >= 4 is 11.6 Å². The smallest absolute Gasteiger partial charge is 0.258 e. The number of para-hydroxylation sites is 1. The van der Waals surface area contributed by atoms with Gasteiger partial charge in [0.05, 0.1) is 12.2 Å². The Morgan fingerprint density at radius 2 is 1.80 bits per heavy atom. The number of benzene rings is 2.